The van der Waals surface area contributed by atoms with Crippen LogP contribution in [0.1, 0.15) is 13.3 Å². The predicted octanol–water partition coefficient (Wildman–Crippen LogP) is 2.63. The van der Waals surface area contributed by atoms with Crippen LogP contribution in [-0.2, 0) is 4.79 Å². The Morgan fingerprint density at radius 2 is 2.16 bits per heavy atom. The van der Waals surface area contributed by atoms with Crippen LogP contribution < -0.4 is 5.32 Å². The highest BCUT2D eigenvalue weighted by Crippen LogP contribution is 2.29. The van der Waals surface area contributed by atoms with Gasteiger partial charge in [-0.1, -0.05) is 29.3 Å². The van der Waals surface area contributed by atoms with Crippen molar-refractivity contribution >= 4 is 34.8 Å². The lowest BCUT2D eigenvalue weighted by molar-refractivity contribution is -0.117. The van der Waals surface area contributed by atoms with Crippen LogP contribution in [0.25, 0.3) is 0 Å². The number of aliphatic hydroxyl groups excluding tert-OH is 1. The van der Waals surface area contributed by atoms with E-state index in [9.17, 15) is 9.90 Å². The van der Waals surface area contributed by atoms with E-state index < -0.39 is 0 Å². The second kappa shape index (κ2) is 7.70. The van der Waals surface area contributed by atoms with Gasteiger partial charge in [-0.25, -0.2) is 0 Å². The number of carbonyl (C=O) groups excluding carboxylic acids is 1. The molecule has 0 aliphatic carbocycles. The van der Waals surface area contributed by atoms with Crippen LogP contribution in [0.5, 0.6) is 0 Å². The second-order valence-corrected chi connectivity index (χ2v) is 5.31. The van der Waals surface area contributed by atoms with Gasteiger partial charge in [0.25, 0.3) is 0 Å². The summed E-state index contributed by atoms with van der Waals surface area (Å²) in [7, 11) is 1.82. The number of rotatable bonds is 6. The number of halogens is 2. The average molecular weight is 305 g/mol. The van der Waals surface area contributed by atoms with Gasteiger partial charge in [-0.2, -0.15) is 0 Å². The van der Waals surface area contributed by atoms with Crippen molar-refractivity contribution < 1.29 is 9.90 Å². The summed E-state index contributed by atoms with van der Waals surface area (Å²) in [6.45, 7) is 2.60. The fraction of sp³-hybridized carbons (Fsp3) is 0.462. The summed E-state index contributed by atoms with van der Waals surface area (Å²) in [6.07, 6.45) is 0.259. The van der Waals surface area contributed by atoms with Gasteiger partial charge in [-0.15, -0.1) is 0 Å². The van der Waals surface area contributed by atoms with Crippen LogP contribution in [0.2, 0.25) is 10.0 Å². The van der Waals surface area contributed by atoms with Gasteiger partial charge < -0.3 is 10.4 Å². The van der Waals surface area contributed by atoms with Gasteiger partial charge in [0.05, 0.1) is 28.4 Å². The van der Waals surface area contributed by atoms with Crippen molar-refractivity contribution in [2.45, 2.75) is 19.4 Å². The molecule has 0 heterocycles. The molecule has 1 aromatic carbocycles. The fourth-order valence-electron chi connectivity index (χ4n) is 1.52. The summed E-state index contributed by atoms with van der Waals surface area (Å²) in [5.74, 6) is -0.169. The van der Waals surface area contributed by atoms with Gasteiger partial charge in [-0.05, 0) is 32.5 Å². The molecule has 0 saturated carbocycles. The van der Waals surface area contributed by atoms with E-state index in [1.807, 2.05) is 11.9 Å². The van der Waals surface area contributed by atoms with Crippen LogP contribution >= 0.6 is 23.2 Å². The van der Waals surface area contributed by atoms with Crippen LogP contribution in [0.4, 0.5) is 5.69 Å². The summed E-state index contributed by atoms with van der Waals surface area (Å²) in [5.41, 5.74) is 0.503. The minimum atomic E-state index is -0.368. The molecule has 0 aliphatic heterocycles. The Morgan fingerprint density at radius 1 is 1.47 bits per heavy atom. The van der Waals surface area contributed by atoms with Crippen LogP contribution in [0.3, 0.4) is 0 Å². The molecule has 0 spiro atoms. The first-order valence-electron chi connectivity index (χ1n) is 6.00. The second-order valence-electron chi connectivity index (χ2n) is 4.53. The minimum absolute atomic E-state index is 0.169. The van der Waals surface area contributed by atoms with E-state index in [-0.39, 0.29) is 18.6 Å². The molecule has 1 aromatic rings. The van der Waals surface area contributed by atoms with Crippen molar-refractivity contribution in [1.82, 2.24) is 4.90 Å². The number of hydrogen-bond acceptors (Lipinski definition) is 3. The number of anilines is 1. The van der Waals surface area contributed by atoms with E-state index in [0.29, 0.717) is 28.7 Å². The molecule has 0 radical (unpaired) electrons. The maximum Gasteiger partial charge on any atom is 0.238 e. The Balaban J connectivity index is 2.49. The molecule has 19 heavy (non-hydrogen) atoms. The van der Waals surface area contributed by atoms with Gasteiger partial charge in [0, 0.05) is 6.54 Å². The van der Waals surface area contributed by atoms with Crippen LogP contribution in [0, 0.1) is 0 Å². The van der Waals surface area contributed by atoms with Gasteiger partial charge in [0.1, 0.15) is 0 Å². The van der Waals surface area contributed by atoms with Crippen LogP contribution in [0.15, 0.2) is 18.2 Å². The molecule has 106 valence electrons. The lowest BCUT2D eigenvalue weighted by atomic mass is 10.2. The molecular weight excluding hydrogens is 287 g/mol. The third kappa shape index (κ3) is 5.78. The molecule has 2 N–H and O–H groups in total. The minimum Gasteiger partial charge on any atom is -0.393 e. The number of carbonyl (C=O) groups is 1. The molecule has 1 amide bonds. The molecule has 1 atom stereocenters. The van der Waals surface area contributed by atoms with E-state index >= 15 is 0 Å². The largest absolute Gasteiger partial charge is 0.393 e. The number of nitrogens with one attached hydrogen (secondary N) is 1. The highest BCUT2D eigenvalue weighted by molar-refractivity contribution is 6.43. The standard InChI is InChI=1S/C13H18Cl2N2O2/c1-9(18)6-7-17(2)8-12(19)16-11-5-3-4-10(14)13(11)15/h3-5,9,18H,6-8H2,1-2H3,(H,16,19). The van der Waals surface area contributed by atoms with Crippen LogP contribution in [-0.4, -0.2) is 42.2 Å². The maximum absolute atomic E-state index is 11.8. The Kier molecular flexibility index (Phi) is 6.58. The summed E-state index contributed by atoms with van der Waals surface area (Å²) in [5, 5.41) is 12.6. The van der Waals surface area contributed by atoms with Gasteiger partial charge >= 0.3 is 0 Å². The Bertz CT molecular complexity index is 439. The van der Waals surface area contributed by atoms with E-state index in [4.69, 9.17) is 23.2 Å². The summed E-state index contributed by atoms with van der Waals surface area (Å²) in [6, 6.07) is 5.08. The molecule has 1 unspecified atom stereocenters. The quantitative estimate of drug-likeness (QED) is 0.849. The first kappa shape index (κ1) is 16.2. The predicted molar refractivity (Wildman–Crippen MR) is 78.9 cm³/mol. The van der Waals surface area contributed by atoms with Gasteiger partial charge in [0.2, 0.25) is 5.91 Å². The third-order valence-corrected chi connectivity index (χ3v) is 3.39. The number of amides is 1. The zero-order chi connectivity index (χ0) is 14.4. The van der Waals surface area contributed by atoms with E-state index in [1.165, 1.54) is 0 Å². The van der Waals surface area contributed by atoms with Crippen molar-refractivity contribution in [2.24, 2.45) is 0 Å². The molecule has 0 aliphatic rings. The first-order valence-corrected chi connectivity index (χ1v) is 6.76. The SMILES string of the molecule is CC(O)CCN(C)CC(=O)Nc1cccc(Cl)c1Cl. The molecule has 0 fully saturated rings. The summed E-state index contributed by atoms with van der Waals surface area (Å²) < 4.78 is 0. The normalized spacial score (nSPS) is 12.5. The number of likely N-dealkylation sites (N-methyl/N-ethyl adjacent to an activating group) is 1. The topological polar surface area (TPSA) is 52.6 Å². The van der Waals surface area contributed by atoms with Crippen molar-refractivity contribution in [2.75, 3.05) is 25.5 Å². The lowest BCUT2D eigenvalue weighted by Crippen LogP contribution is -2.32. The van der Waals surface area contributed by atoms with E-state index in [1.54, 1.807) is 25.1 Å². The highest BCUT2D eigenvalue weighted by atomic mass is 35.5. The van der Waals surface area contributed by atoms with Crippen molar-refractivity contribution in [3.63, 3.8) is 0 Å². The summed E-state index contributed by atoms with van der Waals surface area (Å²) >= 11 is 11.8. The molecule has 6 heteroatoms. The third-order valence-electron chi connectivity index (χ3n) is 2.57. The monoisotopic (exact) mass is 304 g/mol. The fourth-order valence-corrected chi connectivity index (χ4v) is 1.87. The zero-order valence-electron chi connectivity index (χ0n) is 11.0. The van der Waals surface area contributed by atoms with Crippen molar-refractivity contribution in [3.8, 4) is 0 Å². The molecule has 0 aromatic heterocycles. The molecule has 0 bridgehead atoms. The average Bonchev–Trinajstić information content (AvgIpc) is 2.32. The van der Waals surface area contributed by atoms with Gasteiger partial charge in [0.15, 0.2) is 0 Å². The lowest BCUT2D eigenvalue weighted by Gasteiger charge is -2.17. The number of nitrogens with zero attached hydrogens (tertiary/aromatic N) is 1. The number of aliphatic hydroxyl groups is 1. The van der Waals surface area contributed by atoms with E-state index in [0.717, 1.165) is 0 Å². The van der Waals surface area contributed by atoms with Gasteiger partial charge in [-0.3, -0.25) is 9.69 Å². The zero-order valence-corrected chi connectivity index (χ0v) is 12.5. The van der Waals surface area contributed by atoms with Crippen molar-refractivity contribution in [1.29, 1.82) is 0 Å². The highest BCUT2D eigenvalue weighted by Gasteiger charge is 2.10. The molecule has 0 saturated heterocycles. The van der Waals surface area contributed by atoms with Crippen molar-refractivity contribution in [3.05, 3.63) is 28.2 Å². The molecular formula is C13H18Cl2N2O2. The molecule has 1 rings (SSSR count). The molecule has 4 nitrogen and oxygen atoms in total. The first-order chi connectivity index (χ1) is 8.90. The maximum atomic E-state index is 11.8. The Hall–Kier alpha value is -0.810. The number of hydrogen-bond donors (Lipinski definition) is 2. The Labute approximate surface area is 123 Å². The summed E-state index contributed by atoms with van der Waals surface area (Å²) in [4.78, 5) is 13.6. The number of benzene rings is 1. The van der Waals surface area contributed by atoms with E-state index in [2.05, 4.69) is 5.32 Å². The Morgan fingerprint density at radius 3 is 2.79 bits per heavy atom. The smallest absolute Gasteiger partial charge is 0.238 e.